The summed E-state index contributed by atoms with van der Waals surface area (Å²) in [4.78, 5) is 11.8. The monoisotopic (exact) mass is 372 g/mol. The van der Waals surface area contributed by atoms with Gasteiger partial charge < -0.3 is 15.2 Å². The Hall–Kier alpha value is -1.64. The number of halogens is 1. The van der Waals surface area contributed by atoms with Crippen LogP contribution in [0.25, 0.3) is 0 Å². The largest absolute Gasteiger partial charge is 0.463 e. The molecule has 1 heterocycles. The molecule has 0 aliphatic heterocycles. The van der Waals surface area contributed by atoms with Crippen molar-refractivity contribution < 1.29 is 9.47 Å². The molecule has 0 spiro atoms. The van der Waals surface area contributed by atoms with Gasteiger partial charge in [0.15, 0.2) is 0 Å². The van der Waals surface area contributed by atoms with Crippen molar-refractivity contribution in [1.82, 2.24) is 15.0 Å². The molecule has 2 N–H and O–H groups in total. The predicted octanol–water partition coefficient (Wildman–Crippen LogP) is 2.64. The first-order valence-corrected chi connectivity index (χ1v) is 6.83. The zero-order valence-electron chi connectivity index (χ0n) is 10.3. The third kappa shape index (κ3) is 4.19. The zero-order valence-corrected chi connectivity index (χ0v) is 12.5. The Morgan fingerprint density at radius 3 is 2.47 bits per heavy atom. The highest BCUT2D eigenvalue weighted by Gasteiger charge is 2.07. The van der Waals surface area contributed by atoms with Gasteiger partial charge in [-0.05, 0) is 53.3 Å². The van der Waals surface area contributed by atoms with Crippen LogP contribution in [0.3, 0.4) is 0 Å². The fourth-order valence-electron chi connectivity index (χ4n) is 1.26. The number of hydrogen-bond donors (Lipinski definition) is 1. The summed E-state index contributed by atoms with van der Waals surface area (Å²) < 4.78 is 11.9. The van der Waals surface area contributed by atoms with Crippen LogP contribution in [0.5, 0.6) is 17.8 Å². The predicted molar refractivity (Wildman–Crippen MR) is 79.3 cm³/mol. The van der Waals surface area contributed by atoms with Gasteiger partial charge in [-0.1, -0.05) is 6.92 Å². The van der Waals surface area contributed by atoms with Gasteiger partial charge in [0.05, 0.1) is 6.61 Å². The van der Waals surface area contributed by atoms with E-state index in [-0.39, 0.29) is 18.0 Å². The second-order valence-electron chi connectivity index (χ2n) is 3.66. The van der Waals surface area contributed by atoms with Gasteiger partial charge in [0.1, 0.15) is 5.75 Å². The molecule has 2 aromatic rings. The number of nitrogens with two attached hydrogens (primary N) is 1. The van der Waals surface area contributed by atoms with E-state index < -0.39 is 0 Å². The molecular formula is C12H13IN4O2. The second kappa shape index (κ2) is 6.50. The average molecular weight is 372 g/mol. The normalized spacial score (nSPS) is 10.2. The summed E-state index contributed by atoms with van der Waals surface area (Å²) in [7, 11) is 0. The van der Waals surface area contributed by atoms with E-state index in [9.17, 15) is 0 Å². The molecule has 0 bridgehead atoms. The third-order valence-corrected chi connectivity index (χ3v) is 2.79. The lowest BCUT2D eigenvalue weighted by Gasteiger charge is -2.06. The Morgan fingerprint density at radius 1 is 1.11 bits per heavy atom. The highest BCUT2D eigenvalue weighted by molar-refractivity contribution is 14.1. The first-order chi connectivity index (χ1) is 9.17. The summed E-state index contributed by atoms with van der Waals surface area (Å²) >= 11 is 2.22. The van der Waals surface area contributed by atoms with Crippen molar-refractivity contribution in [3.05, 3.63) is 27.8 Å². The lowest BCUT2D eigenvalue weighted by molar-refractivity contribution is 0.285. The van der Waals surface area contributed by atoms with Gasteiger partial charge >= 0.3 is 12.0 Å². The van der Waals surface area contributed by atoms with Crippen LogP contribution in [0.2, 0.25) is 0 Å². The van der Waals surface area contributed by atoms with Crippen molar-refractivity contribution in [2.75, 3.05) is 12.3 Å². The molecule has 0 atom stereocenters. The van der Waals surface area contributed by atoms with E-state index in [1.165, 1.54) is 0 Å². The highest BCUT2D eigenvalue weighted by atomic mass is 127. The van der Waals surface area contributed by atoms with E-state index in [2.05, 4.69) is 37.5 Å². The fourth-order valence-corrected chi connectivity index (χ4v) is 1.62. The Balaban J connectivity index is 2.15. The smallest absolute Gasteiger partial charge is 0.330 e. The minimum atomic E-state index is 0.0709. The molecule has 2 rings (SSSR count). The minimum Gasteiger partial charge on any atom is -0.463 e. The summed E-state index contributed by atoms with van der Waals surface area (Å²) in [5.41, 5.74) is 5.59. The fraction of sp³-hybridized carbons (Fsp3) is 0.250. The van der Waals surface area contributed by atoms with Crippen molar-refractivity contribution in [1.29, 1.82) is 0 Å². The first-order valence-electron chi connectivity index (χ1n) is 5.75. The molecule has 0 radical (unpaired) electrons. The van der Waals surface area contributed by atoms with Gasteiger partial charge in [-0.25, -0.2) is 0 Å². The number of hydrogen-bond acceptors (Lipinski definition) is 6. The SMILES string of the molecule is CCCOc1nc(N)nc(Oc2ccc(I)cc2)n1. The topological polar surface area (TPSA) is 83.2 Å². The van der Waals surface area contributed by atoms with Crippen LogP contribution in [0.1, 0.15) is 13.3 Å². The van der Waals surface area contributed by atoms with Crippen molar-refractivity contribution in [2.45, 2.75) is 13.3 Å². The molecule has 0 aliphatic rings. The maximum absolute atomic E-state index is 5.59. The van der Waals surface area contributed by atoms with Crippen molar-refractivity contribution in [3.8, 4) is 17.8 Å². The molecule has 0 saturated carbocycles. The number of rotatable bonds is 5. The van der Waals surface area contributed by atoms with E-state index in [1.807, 2.05) is 31.2 Å². The number of benzene rings is 1. The molecule has 0 unspecified atom stereocenters. The Morgan fingerprint density at radius 2 is 1.79 bits per heavy atom. The van der Waals surface area contributed by atoms with E-state index in [4.69, 9.17) is 15.2 Å². The first kappa shape index (κ1) is 13.8. The van der Waals surface area contributed by atoms with E-state index in [0.29, 0.717) is 12.4 Å². The molecule has 0 saturated heterocycles. The second-order valence-corrected chi connectivity index (χ2v) is 4.91. The van der Waals surface area contributed by atoms with Crippen LogP contribution in [-0.2, 0) is 0 Å². The van der Waals surface area contributed by atoms with Crippen LogP contribution in [0, 0.1) is 3.57 Å². The molecule has 6 nitrogen and oxygen atoms in total. The van der Waals surface area contributed by atoms with Gasteiger partial charge in [-0.2, -0.15) is 9.97 Å². The summed E-state index contributed by atoms with van der Waals surface area (Å²) in [5.74, 6) is 0.703. The summed E-state index contributed by atoms with van der Waals surface area (Å²) in [5, 5.41) is 0. The Bertz CT molecular complexity index is 548. The van der Waals surface area contributed by atoms with Gasteiger partial charge in [0.2, 0.25) is 5.95 Å². The molecular weight excluding hydrogens is 359 g/mol. The molecule has 100 valence electrons. The molecule has 0 aliphatic carbocycles. The van der Waals surface area contributed by atoms with Crippen molar-refractivity contribution >= 4 is 28.5 Å². The number of ether oxygens (including phenoxy) is 2. The minimum absolute atomic E-state index is 0.0709. The van der Waals surface area contributed by atoms with Crippen molar-refractivity contribution in [2.24, 2.45) is 0 Å². The summed E-state index contributed by atoms with van der Waals surface area (Å²) in [6.07, 6.45) is 0.860. The van der Waals surface area contributed by atoms with Gasteiger partial charge in [0, 0.05) is 3.57 Å². The number of anilines is 1. The third-order valence-electron chi connectivity index (χ3n) is 2.07. The Labute approximate surface area is 124 Å². The number of aromatic nitrogens is 3. The van der Waals surface area contributed by atoms with E-state index in [1.54, 1.807) is 0 Å². The summed E-state index contributed by atoms with van der Waals surface area (Å²) in [6.45, 7) is 2.51. The molecule has 0 fully saturated rings. The quantitative estimate of drug-likeness (QED) is 0.813. The number of nitrogen functional groups attached to an aromatic ring is 1. The maximum atomic E-state index is 5.59. The van der Waals surface area contributed by atoms with Crippen molar-refractivity contribution in [3.63, 3.8) is 0 Å². The Kier molecular flexibility index (Phi) is 4.72. The molecule has 19 heavy (non-hydrogen) atoms. The summed E-state index contributed by atoms with van der Waals surface area (Å²) in [6, 6.07) is 7.81. The molecule has 0 amide bonds. The van der Waals surface area contributed by atoms with Crippen LogP contribution < -0.4 is 15.2 Å². The zero-order chi connectivity index (χ0) is 13.7. The number of nitrogens with zero attached hydrogens (tertiary/aromatic N) is 3. The van der Waals surface area contributed by atoms with Gasteiger partial charge in [-0.15, -0.1) is 4.98 Å². The molecule has 1 aromatic carbocycles. The standard InChI is InChI=1S/C12H13IN4O2/c1-2-7-18-11-15-10(14)16-12(17-11)19-9-5-3-8(13)4-6-9/h3-6H,2,7H2,1H3,(H2,14,15,16,17). The molecule has 7 heteroatoms. The lowest BCUT2D eigenvalue weighted by atomic mass is 10.3. The van der Waals surface area contributed by atoms with E-state index in [0.717, 1.165) is 9.99 Å². The average Bonchev–Trinajstić information content (AvgIpc) is 2.38. The van der Waals surface area contributed by atoms with Crippen LogP contribution in [-0.4, -0.2) is 21.6 Å². The van der Waals surface area contributed by atoms with Gasteiger partial charge in [0.25, 0.3) is 0 Å². The molecule has 1 aromatic heterocycles. The van der Waals surface area contributed by atoms with E-state index >= 15 is 0 Å². The lowest BCUT2D eigenvalue weighted by Crippen LogP contribution is -2.05. The van der Waals surface area contributed by atoms with Gasteiger partial charge in [-0.3, -0.25) is 0 Å². The maximum Gasteiger partial charge on any atom is 0.330 e. The highest BCUT2D eigenvalue weighted by Crippen LogP contribution is 2.20. The van der Waals surface area contributed by atoms with Crippen LogP contribution in [0.4, 0.5) is 5.95 Å². The van der Waals surface area contributed by atoms with Crippen LogP contribution >= 0.6 is 22.6 Å². The van der Waals surface area contributed by atoms with Crippen LogP contribution in [0.15, 0.2) is 24.3 Å².